The van der Waals surface area contributed by atoms with Gasteiger partial charge >= 0.3 is 5.97 Å². The van der Waals surface area contributed by atoms with Gasteiger partial charge in [0.2, 0.25) is 5.60 Å². The summed E-state index contributed by atoms with van der Waals surface area (Å²) in [5.41, 5.74) is 1.03. The van der Waals surface area contributed by atoms with E-state index >= 15 is 0 Å². The zero-order valence-corrected chi connectivity index (χ0v) is 26.4. The maximum absolute atomic E-state index is 12.6. The molecule has 0 saturated carbocycles. The Morgan fingerprint density at radius 3 is 1.86 bits per heavy atom. The Morgan fingerprint density at radius 2 is 1.40 bits per heavy atom. The number of benzene rings is 3. The third kappa shape index (κ3) is 7.40. The van der Waals surface area contributed by atoms with Crippen LogP contribution in [-0.4, -0.2) is 43.2 Å². The molecule has 0 atom stereocenters. The molecule has 9 heteroatoms. The third-order valence-electron chi connectivity index (χ3n) is 6.70. The van der Waals surface area contributed by atoms with Gasteiger partial charge in [-0.3, -0.25) is 4.79 Å². The minimum Gasteiger partial charge on any atom is -0.463 e. The first-order chi connectivity index (χ1) is 20.0. The minimum absolute atomic E-state index is 0.146. The molecule has 1 aromatic heterocycles. The van der Waals surface area contributed by atoms with E-state index in [2.05, 4.69) is 71.5 Å². The van der Waals surface area contributed by atoms with E-state index in [1.807, 2.05) is 60.9 Å². The molecule has 0 aliphatic rings. The van der Waals surface area contributed by atoms with Gasteiger partial charge in [0.05, 0.1) is 6.61 Å². The molecule has 0 bridgehead atoms. The van der Waals surface area contributed by atoms with E-state index in [1.54, 1.807) is 19.2 Å². The molecule has 1 radical (unpaired) electrons. The van der Waals surface area contributed by atoms with Crippen LogP contribution in [0.4, 0.5) is 5.13 Å². The van der Waals surface area contributed by atoms with Gasteiger partial charge in [-0.2, -0.15) is 0 Å². The molecule has 0 amide bonds. The van der Waals surface area contributed by atoms with Gasteiger partial charge in [0.25, 0.3) is 6.29 Å². The van der Waals surface area contributed by atoms with Crippen LogP contribution in [0.2, 0.25) is 25.7 Å². The largest absolute Gasteiger partial charge is 0.463 e. The van der Waals surface area contributed by atoms with E-state index in [1.165, 1.54) is 11.3 Å². The van der Waals surface area contributed by atoms with E-state index < -0.39 is 25.2 Å². The maximum atomic E-state index is 12.6. The summed E-state index contributed by atoms with van der Waals surface area (Å²) in [4.78, 5) is 34.8. The lowest BCUT2D eigenvalue weighted by molar-refractivity contribution is -0.167. The van der Waals surface area contributed by atoms with Crippen molar-refractivity contribution >= 4 is 42.5 Å². The van der Waals surface area contributed by atoms with Crippen molar-refractivity contribution < 1.29 is 19.2 Å². The van der Waals surface area contributed by atoms with Crippen LogP contribution in [0.25, 0.3) is 0 Å². The fourth-order valence-electron chi connectivity index (χ4n) is 4.32. The summed E-state index contributed by atoms with van der Waals surface area (Å²) < 4.78 is 5.42. The lowest BCUT2D eigenvalue weighted by Crippen LogP contribution is -2.38. The number of ether oxygens (including phenoxy) is 1. The van der Waals surface area contributed by atoms with Crippen LogP contribution in [0.5, 0.6) is 0 Å². The summed E-state index contributed by atoms with van der Waals surface area (Å²) in [5.74, 6) is -0.547. The molecular weight excluding hydrogens is 563 g/mol. The fraction of sp³-hybridized carbons (Fsp3) is 0.273. The summed E-state index contributed by atoms with van der Waals surface area (Å²) in [7, 11) is -1.36. The Morgan fingerprint density at radius 1 is 0.905 bits per heavy atom. The summed E-state index contributed by atoms with van der Waals surface area (Å²) in [6, 6.07) is 31.3. The van der Waals surface area contributed by atoms with Crippen LogP contribution in [0.3, 0.4) is 0 Å². The first-order valence-corrected chi connectivity index (χ1v) is 18.4. The van der Waals surface area contributed by atoms with Crippen molar-refractivity contribution in [3.8, 4) is 0 Å². The number of nitrogens with zero attached hydrogens (tertiary/aromatic N) is 2. The molecule has 0 fully saturated rings. The van der Waals surface area contributed by atoms with Gasteiger partial charge in [0, 0.05) is 13.5 Å². The second kappa shape index (κ2) is 13.3. The standard InChI is InChI=1S/C33H36N3O4SSi/c1-32(2,30(38)39-21-22-42(3,4)5)40-36-28(23-37)29-24-41-31(34-29)35-33(25-15-9-6-10-16-25,26-17-11-7-12-18-26)27-19-13-8-14-20-27/h6-20,24H,21-22H2,1-5H3,(H,34,35). The summed E-state index contributed by atoms with van der Waals surface area (Å²) in [6.45, 7) is 10.1. The fourth-order valence-corrected chi connectivity index (χ4v) is 5.78. The second-order valence-electron chi connectivity index (χ2n) is 11.6. The molecular formula is C33H36N3O4SSi. The van der Waals surface area contributed by atoms with Gasteiger partial charge in [-0.15, -0.1) is 11.3 Å². The number of oxime groups is 1. The van der Waals surface area contributed by atoms with Gasteiger partial charge < -0.3 is 14.9 Å². The van der Waals surface area contributed by atoms with Gasteiger partial charge in [-0.05, 0) is 36.6 Å². The molecule has 7 nitrogen and oxygen atoms in total. The van der Waals surface area contributed by atoms with Crippen LogP contribution >= 0.6 is 11.3 Å². The highest BCUT2D eigenvalue weighted by molar-refractivity contribution is 7.14. The predicted octanol–water partition coefficient (Wildman–Crippen LogP) is 7.04. The third-order valence-corrected chi connectivity index (χ3v) is 9.16. The Bertz CT molecular complexity index is 1400. The number of rotatable bonds is 13. The molecule has 42 heavy (non-hydrogen) atoms. The monoisotopic (exact) mass is 598 g/mol. The van der Waals surface area contributed by atoms with Crippen molar-refractivity contribution in [2.24, 2.45) is 5.16 Å². The molecule has 1 N–H and O–H groups in total. The van der Waals surface area contributed by atoms with Crippen molar-refractivity contribution in [2.75, 3.05) is 11.9 Å². The number of thiazole rings is 1. The van der Waals surface area contributed by atoms with Crippen LogP contribution in [0, 0.1) is 0 Å². The number of esters is 1. The van der Waals surface area contributed by atoms with Crippen molar-refractivity contribution in [2.45, 2.75) is 50.7 Å². The number of hydrogen-bond donors (Lipinski definition) is 1. The highest BCUT2D eigenvalue weighted by Gasteiger charge is 2.37. The maximum Gasteiger partial charge on any atom is 0.352 e. The van der Waals surface area contributed by atoms with Crippen LogP contribution < -0.4 is 5.32 Å². The normalized spacial score (nSPS) is 12.5. The van der Waals surface area contributed by atoms with Crippen LogP contribution in [0.1, 0.15) is 36.2 Å². The van der Waals surface area contributed by atoms with Crippen LogP contribution in [0.15, 0.2) is 102 Å². The highest BCUT2D eigenvalue weighted by Crippen LogP contribution is 2.40. The number of nitrogens with one attached hydrogen (secondary N) is 1. The first kappa shape index (κ1) is 30.9. The molecule has 4 rings (SSSR count). The first-order valence-electron chi connectivity index (χ1n) is 13.8. The number of hydrogen-bond acceptors (Lipinski definition) is 8. The molecule has 0 aliphatic carbocycles. The Kier molecular flexibility index (Phi) is 9.75. The van der Waals surface area contributed by atoms with Gasteiger partial charge in [-0.1, -0.05) is 116 Å². The molecule has 3 aromatic carbocycles. The second-order valence-corrected chi connectivity index (χ2v) is 18.1. The van der Waals surface area contributed by atoms with E-state index in [-0.39, 0.29) is 11.4 Å². The average molecular weight is 599 g/mol. The summed E-state index contributed by atoms with van der Waals surface area (Å²) >= 11 is 1.33. The molecule has 1 heterocycles. The zero-order chi connectivity index (χ0) is 30.2. The van der Waals surface area contributed by atoms with Crippen molar-refractivity contribution in [1.82, 2.24) is 4.98 Å². The van der Waals surface area contributed by atoms with Crippen LogP contribution in [-0.2, 0) is 24.7 Å². The Hall–Kier alpha value is -4.08. The summed E-state index contributed by atoms with van der Waals surface area (Å²) in [6.07, 6.45) is 1.81. The Balaban J connectivity index is 1.64. The van der Waals surface area contributed by atoms with Crippen molar-refractivity contribution in [1.29, 1.82) is 0 Å². The minimum atomic E-state index is -1.39. The van der Waals surface area contributed by atoms with Gasteiger partial charge in [-0.25, -0.2) is 9.78 Å². The number of aromatic nitrogens is 1. The number of anilines is 1. The number of carbonyl (C=O) groups is 1. The molecule has 0 unspecified atom stereocenters. The molecule has 4 aromatic rings. The van der Waals surface area contributed by atoms with E-state index in [0.29, 0.717) is 11.7 Å². The molecule has 0 saturated heterocycles. The highest BCUT2D eigenvalue weighted by atomic mass is 32.1. The topological polar surface area (TPSA) is 89.9 Å². The van der Waals surface area contributed by atoms with Gasteiger partial charge in [0.15, 0.2) is 10.8 Å². The quantitative estimate of drug-likeness (QED) is 0.0584. The molecule has 217 valence electrons. The van der Waals surface area contributed by atoms with E-state index in [9.17, 15) is 9.59 Å². The van der Waals surface area contributed by atoms with Gasteiger partial charge in [0.1, 0.15) is 11.2 Å². The lowest BCUT2D eigenvalue weighted by Gasteiger charge is -2.36. The predicted molar refractivity (Wildman–Crippen MR) is 171 cm³/mol. The molecule has 0 aliphatic heterocycles. The van der Waals surface area contributed by atoms with E-state index in [0.717, 1.165) is 22.7 Å². The average Bonchev–Trinajstić information content (AvgIpc) is 3.45. The van der Waals surface area contributed by atoms with E-state index in [4.69, 9.17) is 9.57 Å². The smallest absolute Gasteiger partial charge is 0.352 e. The molecule has 0 spiro atoms. The SMILES string of the molecule is CC(C)(ON=C([C]=O)c1csc(NC(c2ccccc2)(c2ccccc2)c2ccccc2)n1)C(=O)OCC[Si](C)(C)C. The van der Waals surface area contributed by atoms with Crippen molar-refractivity contribution in [3.05, 3.63) is 119 Å². The van der Waals surface area contributed by atoms with Crippen molar-refractivity contribution in [3.63, 3.8) is 0 Å². The zero-order valence-electron chi connectivity index (χ0n) is 24.6. The Labute approximate surface area is 252 Å². The number of carbonyl (C=O) groups excluding carboxylic acids is 2. The summed E-state index contributed by atoms with van der Waals surface area (Å²) in [5, 5.41) is 9.91. The lowest BCUT2D eigenvalue weighted by atomic mass is 9.77.